The topological polar surface area (TPSA) is 108 Å². The number of anilines is 1. The highest BCUT2D eigenvalue weighted by molar-refractivity contribution is 7.07. The number of carbonyl (C=O) groups excluding carboxylic acids is 1. The SMILES string of the molecule is O=C1COc2ccc(-c3csc(=Nc4ccc(F)cc4)n3N=Cc3ccc(O)c(O)c3)cc2N1. The van der Waals surface area contributed by atoms with Crippen LogP contribution in [0.3, 0.4) is 0 Å². The maximum Gasteiger partial charge on any atom is 0.262 e. The number of phenols is 2. The van der Waals surface area contributed by atoms with Gasteiger partial charge in [-0.1, -0.05) is 0 Å². The highest BCUT2D eigenvalue weighted by Crippen LogP contribution is 2.33. The highest BCUT2D eigenvalue weighted by atomic mass is 32.1. The van der Waals surface area contributed by atoms with Gasteiger partial charge in [-0.25, -0.2) is 14.1 Å². The van der Waals surface area contributed by atoms with Crippen LogP contribution in [0.5, 0.6) is 17.2 Å². The molecule has 3 aromatic carbocycles. The summed E-state index contributed by atoms with van der Waals surface area (Å²) >= 11 is 1.33. The van der Waals surface area contributed by atoms with Gasteiger partial charge in [-0.2, -0.15) is 5.10 Å². The van der Waals surface area contributed by atoms with Gasteiger partial charge in [0.05, 0.1) is 23.3 Å². The number of nitrogens with zero attached hydrogens (tertiary/aromatic N) is 3. The molecule has 5 rings (SSSR count). The van der Waals surface area contributed by atoms with Crippen LogP contribution < -0.4 is 14.9 Å². The summed E-state index contributed by atoms with van der Waals surface area (Å²) < 4.78 is 20.4. The zero-order valence-corrected chi connectivity index (χ0v) is 18.3. The van der Waals surface area contributed by atoms with Crippen molar-refractivity contribution >= 4 is 34.8 Å². The number of thiazole rings is 1. The summed E-state index contributed by atoms with van der Waals surface area (Å²) in [4.78, 5) is 16.8. The monoisotopic (exact) mass is 476 g/mol. The summed E-state index contributed by atoms with van der Waals surface area (Å²) in [5.41, 5.74) is 3.10. The second kappa shape index (κ2) is 8.83. The van der Waals surface area contributed by atoms with Crippen LogP contribution in [0, 0.1) is 5.82 Å². The molecule has 1 aliphatic rings. The first-order valence-corrected chi connectivity index (χ1v) is 11.0. The van der Waals surface area contributed by atoms with E-state index in [1.54, 1.807) is 35.0 Å². The normalized spacial score (nSPS) is 13.6. The molecule has 170 valence electrons. The number of fused-ring (bicyclic) bond motifs is 1. The van der Waals surface area contributed by atoms with E-state index in [0.29, 0.717) is 33.2 Å². The lowest BCUT2D eigenvalue weighted by atomic mass is 10.1. The molecule has 0 saturated heterocycles. The van der Waals surface area contributed by atoms with Crippen molar-refractivity contribution < 1.29 is 24.1 Å². The van der Waals surface area contributed by atoms with Crippen molar-refractivity contribution in [1.29, 1.82) is 0 Å². The van der Waals surface area contributed by atoms with E-state index >= 15 is 0 Å². The molecule has 34 heavy (non-hydrogen) atoms. The third-order valence-corrected chi connectivity index (χ3v) is 5.78. The molecule has 10 heteroatoms. The maximum atomic E-state index is 13.3. The second-order valence-electron chi connectivity index (χ2n) is 7.34. The Kier molecular flexibility index (Phi) is 5.56. The molecule has 0 fully saturated rings. The van der Waals surface area contributed by atoms with Crippen LogP contribution in [0.1, 0.15) is 5.56 Å². The number of hydrogen-bond acceptors (Lipinski definition) is 7. The molecule has 1 aliphatic heterocycles. The van der Waals surface area contributed by atoms with Gasteiger partial charge < -0.3 is 20.3 Å². The summed E-state index contributed by atoms with van der Waals surface area (Å²) in [7, 11) is 0. The fourth-order valence-electron chi connectivity index (χ4n) is 3.30. The number of halogens is 1. The molecule has 0 atom stereocenters. The standard InChI is InChI=1S/C24H17FN4O4S/c25-16-3-5-17(6-4-16)27-24-29(26-11-14-1-7-20(30)21(31)9-14)19(13-34-24)15-2-8-22-18(10-15)28-23(32)12-33-22/h1-11,13,30-31H,12H2,(H,28,32). The molecule has 8 nitrogen and oxygen atoms in total. The lowest BCUT2D eigenvalue weighted by Crippen LogP contribution is -2.25. The van der Waals surface area contributed by atoms with E-state index in [0.717, 1.165) is 5.56 Å². The van der Waals surface area contributed by atoms with Crippen LogP contribution in [0.15, 0.2) is 76.1 Å². The van der Waals surface area contributed by atoms with Gasteiger partial charge >= 0.3 is 0 Å². The molecule has 4 aromatic rings. The molecule has 0 unspecified atom stereocenters. The molecule has 2 heterocycles. The van der Waals surface area contributed by atoms with Gasteiger partial charge in [-0.05, 0) is 66.2 Å². The Hall–Kier alpha value is -4.44. The average Bonchev–Trinajstić information content (AvgIpc) is 3.23. The molecule has 0 radical (unpaired) electrons. The number of phenolic OH excluding ortho intramolecular Hbond substituents is 2. The van der Waals surface area contributed by atoms with Gasteiger partial charge in [0, 0.05) is 10.9 Å². The van der Waals surface area contributed by atoms with Crippen molar-refractivity contribution in [2.45, 2.75) is 0 Å². The van der Waals surface area contributed by atoms with E-state index in [1.807, 2.05) is 11.4 Å². The highest BCUT2D eigenvalue weighted by Gasteiger charge is 2.18. The van der Waals surface area contributed by atoms with Crippen LogP contribution in [0.25, 0.3) is 11.3 Å². The Morgan fingerprint density at radius 3 is 2.68 bits per heavy atom. The Morgan fingerprint density at radius 2 is 1.88 bits per heavy atom. The lowest BCUT2D eigenvalue weighted by Gasteiger charge is -2.18. The minimum Gasteiger partial charge on any atom is -0.504 e. The molecular weight excluding hydrogens is 459 g/mol. The largest absolute Gasteiger partial charge is 0.504 e. The first kappa shape index (κ1) is 21.4. The minimum atomic E-state index is -0.359. The van der Waals surface area contributed by atoms with Gasteiger partial charge in [0.15, 0.2) is 18.1 Å². The summed E-state index contributed by atoms with van der Waals surface area (Å²) in [5, 5.41) is 28.5. The quantitative estimate of drug-likeness (QED) is 0.303. The molecule has 0 saturated carbocycles. The number of ether oxygens (including phenoxy) is 1. The Bertz CT molecular complexity index is 1490. The first-order valence-electron chi connectivity index (χ1n) is 10.1. The van der Waals surface area contributed by atoms with Gasteiger partial charge in [0.25, 0.3) is 5.91 Å². The molecule has 1 aromatic heterocycles. The Balaban J connectivity index is 1.62. The molecular formula is C24H17FN4O4S. The Morgan fingerprint density at radius 1 is 1.06 bits per heavy atom. The number of amides is 1. The number of carbonyl (C=O) groups is 1. The fourth-order valence-corrected chi connectivity index (χ4v) is 4.16. The predicted molar refractivity (Wildman–Crippen MR) is 126 cm³/mol. The van der Waals surface area contributed by atoms with Crippen LogP contribution in [0.4, 0.5) is 15.8 Å². The van der Waals surface area contributed by atoms with Crippen molar-refractivity contribution in [3.05, 3.63) is 82.2 Å². The summed E-state index contributed by atoms with van der Waals surface area (Å²) in [5.74, 6) is -0.515. The van der Waals surface area contributed by atoms with E-state index in [-0.39, 0.29) is 29.8 Å². The van der Waals surface area contributed by atoms with E-state index in [2.05, 4.69) is 15.4 Å². The molecule has 1 amide bonds. The molecule has 0 spiro atoms. The maximum absolute atomic E-state index is 13.3. The number of nitrogens with one attached hydrogen (secondary N) is 1. The van der Waals surface area contributed by atoms with Gasteiger partial charge in [0.1, 0.15) is 11.6 Å². The lowest BCUT2D eigenvalue weighted by molar-refractivity contribution is -0.118. The summed E-state index contributed by atoms with van der Waals surface area (Å²) in [6.07, 6.45) is 1.52. The zero-order chi connectivity index (χ0) is 23.7. The van der Waals surface area contributed by atoms with Crippen LogP contribution >= 0.6 is 11.3 Å². The third-order valence-electron chi connectivity index (χ3n) is 4.97. The number of hydrogen-bond donors (Lipinski definition) is 3. The molecule has 0 aliphatic carbocycles. The van der Waals surface area contributed by atoms with E-state index in [1.165, 1.54) is 41.8 Å². The van der Waals surface area contributed by atoms with Gasteiger partial charge in [-0.15, -0.1) is 11.3 Å². The number of rotatable bonds is 4. The van der Waals surface area contributed by atoms with Crippen LogP contribution in [-0.2, 0) is 4.79 Å². The molecule has 0 bridgehead atoms. The predicted octanol–water partition coefficient (Wildman–Crippen LogP) is 4.21. The van der Waals surface area contributed by atoms with Gasteiger partial charge in [-0.3, -0.25) is 4.79 Å². The average molecular weight is 476 g/mol. The van der Waals surface area contributed by atoms with E-state index < -0.39 is 0 Å². The smallest absolute Gasteiger partial charge is 0.262 e. The van der Waals surface area contributed by atoms with Crippen molar-refractivity contribution in [1.82, 2.24) is 4.68 Å². The Labute approximate surface area is 196 Å². The van der Waals surface area contributed by atoms with Crippen LogP contribution in [0.2, 0.25) is 0 Å². The second-order valence-corrected chi connectivity index (χ2v) is 8.18. The van der Waals surface area contributed by atoms with E-state index in [4.69, 9.17) is 4.74 Å². The third kappa shape index (κ3) is 4.39. The fraction of sp³-hybridized carbons (Fsp3) is 0.0417. The number of aromatic nitrogens is 1. The van der Waals surface area contributed by atoms with Crippen LogP contribution in [-0.4, -0.2) is 33.6 Å². The van der Waals surface area contributed by atoms with E-state index in [9.17, 15) is 19.4 Å². The van der Waals surface area contributed by atoms with Gasteiger partial charge in [0.2, 0.25) is 4.80 Å². The zero-order valence-electron chi connectivity index (χ0n) is 17.5. The summed E-state index contributed by atoms with van der Waals surface area (Å²) in [6, 6.07) is 15.5. The number of aromatic hydroxyl groups is 2. The van der Waals surface area contributed by atoms with Crippen molar-refractivity contribution in [3.63, 3.8) is 0 Å². The minimum absolute atomic E-state index is 0.0325. The van der Waals surface area contributed by atoms with Crippen molar-refractivity contribution in [2.75, 3.05) is 11.9 Å². The van der Waals surface area contributed by atoms with Crippen molar-refractivity contribution in [3.8, 4) is 28.5 Å². The summed E-state index contributed by atoms with van der Waals surface area (Å²) in [6.45, 7) is -0.0325. The first-order chi connectivity index (χ1) is 16.5. The van der Waals surface area contributed by atoms with Crippen molar-refractivity contribution in [2.24, 2.45) is 10.1 Å². The molecule has 3 N–H and O–H groups in total. The number of benzene rings is 3.